The number of aromatic nitrogens is 2. The molecular formula is C16H23N5O2. The maximum absolute atomic E-state index is 12.7. The number of carbonyl (C=O) groups is 1. The predicted octanol–water partition coefficient (Wildman–Crippen LogP) is 0.281. The molecule has 3 aliphatic heterocycles. The topological polar surface area (TPSA) is 70.6 Å². The number of nitrogens with one attached hydrogen (secondary N) is 1. The van der Waals surface area contributed by atoms with Crippen LogP contribution in [0, 0.1) is 0 Å². The first kappa shape index (κ1) is 14.8. The Hall–Kier alpha value is -1.73. The fraction of sp³-hybridized carbons (Fsp3) is 0.688. The Kier molecular flexibility index (Phi) is 3.90. The quantitative estimate of drug-likeness (QED) is 0.863. The highest BCUT2D eigenvalue weighted by atomic mass is 16.5. The highest BCUT2D eigenvalue weighted by Gasteiger charge is 2.42. The van der Waals surface area contributed by atoms with Gasteiger partial charge in [-0.15, -0.1) is 0 Å². The molecule has 124 valence electrons. The van der Waals surface area contributed by atoms with Gasteiger partial charge in [0.05, 0.1) is 18.8 Å². The molecule has 0 saturated carbocycles. The normalized spacial score (nSPS) is 30.3. The summed E-state index contributed by atoms with van der Waals surface area (Å²) in [4.78, 5) is 25.7. The summed E-state index contributed by atoms with van der Waals surface area (Å²) in [6.45, 7) is 6.22. The van der Waals surface area contributed by atoms with Gasteiger partial charge in [-0.1, -0.05) is 0 Å². The van der Waals surface area contributed by atoms with Gasteiger partial charge in [0.2, 0.25) is 0 Å². The van der Waals surface area contributed by atoms with Gasteiger partial charge >= 0.3 is 0 Å². The molecule has 4 heterocycles. The molecule has 7 heteroatoms. The van der Waals surface area contributed by atoms with Crippen LogP contribution in [0.5, 0.6) is 0 Å². The molecule has 0 aromatic carbocycles. The number of nitrogens with zero attached hydrogens (tertiary/aromatic N) is 4. The number of morpholine rings is 1. The Morgan fingerprint density at radius 2 is 2.04 bits per heavy atom. The summed E-state index contributed by atoms with van der Waals surface area (Å²) in [5, 5.41) is 3.26. The molecule has 0 radical (unpaired) electrons. The average molecular weight is 317 g/mol. The van der Waals surface area contributed by atoms with Crippen molar-refractivity contribution in [3.63, 3.8) is 0 Å². The third-order valence-corrected chi connectivity index (χ3v) is 5.16. The lowest BCUT2D eigenvalue weighted by atomic mass is 9.90. The number of carbonyl (C=O) groups excluding carboxylic acids is 1. The molecular weight excluding hydrogens is 294 g/mol. The second kappa shape index (κ2) is 6.05. The summed E-state index contributed by atoms with van der Waals surface area (Å²) < 4.78 is 5.36. The molecule has 2 atom stereocenters. The van der Waals surface area contributed by atoms with Crippen LogP contribution in [0.25, 0.3) is 0 Å². The van der Waals surface area contributed by atoms with Crippen molar-refractivity contribution in [2.24, 2.45) is 0 Å². The monoisotopic (exact) mass is 317 g/mol. The Balaban J connectivity index is 1.48. The van der Waals surface area contributed by atoms with Crippen molar-refractivity contribution in [3.05, 3.63) is 18.1 Å². The van der Waals surface area contributed by atoms with E-state index >= 15 is 0 Å². The lowest BCUT2D eigenvalue weighted by molar-refractivity contribution is 0.0872. The van der Waals surface area contributed by atoms with E-state index in [-0.39, 0.29) is 11.4 Å². The second-order valence-electron chi connectivity index (χ2n) is 6.73. The average Bonchev–Trinajstić information content (AvgIpc) is 2.89. The summed E-state index contributed by atoms with van der Waals surface area (Å²) in [6.07, 6.45) is 4.75. The van der Waals surface area contributed by atoms with Crippen LogP contribution in [0.1, 0.15) is 29.8 Å². The first-order valence-electron chi connectivity index (χ1n) is 8.44. The molecule has 3 fully saturated rings. The van der Waals surface area contributed by atoms with E-state index in [1.165, 1.54) is 6.33 Å². The number of piperidine rings is 1. The molecule has 0 aliphatic carbocycles. The lowest BCUT2D eigenvalue weighted by Crippen LogP contribution is -2.52. The van der Waals surface area contributed by atoms with E-state index in [4.69, 9.17) is 4.74 Å². The highest BCUT2D eigenvalue weighted by Crippen LogP contribution is 2.31. The molecule has 4 rings (SSSR count). The van der Waals surface area contributed by atoms with Crippen molar-refractivity contribution in [2.75, 3.05) is 50.8 Å². The zero-order chi connectivity index (χ0) is 15.7. The zero-order valence-electron chi connectivity index (χ0n) is 13.3. The van der Waals surface area contributed by atoms with E-state index in [0.717, 1.165) is 57.8 Å². The van der Waals surface area contributed by atoms with E-state index in [1.807, 2.05) is 0 Å². The van der Waals surface area contributed by atoms with E-state index in [1.54, 1.807) is 6.07 Å². The standard InChI is InChI=1S/C16H23N5O2/c22-15(19-16-2-1-4-20(11-16)5-3-16)13-10-14(18-12-17-13)21-6-8-23-9-7-21/h10,12H,1-9,11H2,(H,19,22). The van der Waals surface area contributed by atoms with Crippen molar-refractivity contribution >= 4 is 11.7 Å². The minimum atomic E-state index is -0.0781. The molecule has 3 aliphatic rings. The second-order valence-corrected chi connectivity index (χ2v) is 6.73. The van der Waals surface area contributed by atoms with Gasteiger partial charge in [0, 0.05) is 32.2 Å². The molecule has 7 nitrogen and oxygen atoms in total. The van der Waals surface area contributed by atoms with Gasteiger partial charge in [-0.05, 0) is 25.8 Å². The van der Waals surface area contributed by atoms with Gasteiger partial charge in [-0.2, -0.15) is 0 Å². The Bertz CT molecular complexity index is 586. The number of fused-ring (bicyclic) bond motifs is 2. The van der Waals surface area contributed by atoms with Crippen LogP contribution in [-0.4, -0.2) is 72.3 Å². The van der Waals surface area contributed by atoms with Crippen molar-refractivity contribution in [1.29, 1.82) is 0 Å². The number of ether oxygens (including phenoxy) is 1. The summed E-state index contributed by atoms with van der Waals surface area (Å²) in [6, 6.07) is 1.80. The van der Waals surface area contributed by atoms with Gasteiger partial charge in [0.15, 0.2) is 0 Å². The summed E-state index contributed by atoms with van der Waals surface area (Å²) in [5.41, 5.74) is 0.402. The Morgan fingerprint density at radius 1 is 1.17 bits per heavy atom. The van der Waals surface area contributed by atoms with Crippen molar-refractivity contribution in [1.82, 2.24) is 20.2 Å². The van der Waals surface area contributed by atoms with E-state index in [9.17, 15) is 4.79 Å². The fourth-order valence-electron chi connectivity index (χ4n) is 3.90. The SMILES string of the molecule is O=C(NC12CCCN(CC1)C2)c1cc(N2CCOCC2)ncn1. The highest BCUT2D eigenvalue weighted by molar-refractivity contribution is 5.93. The third kappa shape index (κ3) is 3.03. The van der Waals surface area contributed by atoms with Gasteiger partial charge in [0.1, 0.15) is 17.8 Å². The number of anilines is 1. The molecule has 0 spiro atoms. The van der Waals surface area contributed by atoms with E-state index in [2.05, 4.69) is 25.1 Å². The van der Waals surface area contributed by atoms with Crippen molar-refractivity contribution in [3.8, 4) is 0 Å². The molecule has 2 bridgehead atoms. The molecule has 23 heavy (non-hydrogen) atoms. The molecule has 1 aromatic rings. The smallest absolute Gasteiger partial charge is 0.270 e. The number of rotatable bonds is 3. The number of hydrogen-bond donors (Lipinski definition) is 1. The molecule has 1 amide bonds. The first-order valence-corrected chi connectivity index (χ1v) is 8.44. The summed E-state index contributed by atoms with van der Waals surface area (Å²) in [5.74, 6) is 0.730. The summed E-state index contributed by atoms with van der Waals surface area (Å²) >= 11 is 0. The van der Waals surface area contributed by atoms with Crippen LogP contribution in [0.4, 0.5) is 5.82 Å². The predicted molar refractivity (Wildman–Crippen MR) is 85.6 cm³/mol. The van der Waals surface area contributed by atoms with E-state index in [0.29, 0.717) is 18.9 Å². The Morgan fingerprint density at radius 3 is 2.91 bits per heavy atom. The number of amides is 1. The first-order chi connectivity index (χ1) is 11.2. The van der Waals surface area contributed by atoms with Crippen molar-refractivity contribution < 1.29 is 9.53 Å². The van der Waals surface area contributed by atoms with Gasteiger partial charge < -0.3 is 19.9 Å². The summed E-state index contributed by atoms with van der Waals surface area (Å²) in [7, 11) is 0. The maximum Gasteiger partial charge on any atom is 0.270 e. The number of hydrogen-bond acceptors (Lipinski definition) is 6. The minimum Gasteiger partial charge on any atom is -0.378 e. The van der Waals surface area contributed by atoms with Gasteiger partial charge in [-0.25, -0.2) is 9.97 Å². The molecule has 2 unspecified atom stereocenters. The molecule has 3 saturated heterocycles. The largest absolute Gasteiger partial charge is 0.378 e. The van der Waals surface area contributed by atoms with Crippen molar-refractivity contribution in [2.45, 2.75) is 24.8 Å². The third-order valence-electron chi connectivity index (χ3n) is 5.16. The van der Waals surface area contributed by atoms with E-state index < -0.39 is 0 Å². The van der Waals surface area contributed by atoms with Crippen LogP contribution in [0.3, 0.4) is 0 Å². The minimum absolute atomic E-state index is 0.0561. The lowest BCUT2D eigenvalue weighted by Gasteiger charge is -2.34. The molecule has 1 aromatic heterocycles. The van der Waals surface area contributed by atoms with Gasteiger partial charge in [0.25, 0.3) is 5.91 Å². The van der Waals surface area contributed by atoms with Crippen LogP contribution >= 0.6 is 0 Å². The van der Waals surface area contributed by atoms with Crippen LogP contribution < -0.4 is 10.2 Å². The van der Waals surface area contributed by atoms with Crippen LogP contribution in [-0.2, 0) is 4.74 Å². The fourth-order valence-corrected chi connectivity index (χ4v) is 3.90. The van der Waals surface area contributed by atoms with Gasteiger partial charge in [-0.3, -0.25) is 4.79 Å². The van der Waals surface area contributed by atoms with Crippen LogP contribution in [0.15, 0.2) is 12.4 Å². The Labute approximate surface area is 136 Å². The zero-order valence-corrected chi connectivity index (χ0v) is 13.3. The maximum atomic E-state index is 12.7. The molecule has 1 N–H and O–H groups in total. The van der Waals surface area contributed by atoms with Crippen LogP contribution in [0.2, 0.25) is 0 Å².